The van der Waals surface area contributed by atoms with Gasteiger partial charge in [0.15, 0.2) is 0 Å². The van der Waals surface area contributed by atoms with Crippen LogP contribution in [0.4, 0.5) is 11.4 Å². The van der Waals surface area contributed by atoms with Crippen LogP contribution in [0.1, 0.15) is 11.1 Å². The maximum Gasteiger partial charge on any atom is 0.261 e. The molecule has 0 unspecified atom stereocenters. The van der Waals surface area contributed by atoms with Crippen molar-refractivity contribution in [1.29, 1.82) is 0 Å². The molecule has 1 heterocycles. The molecule has 0 aliphatic carbocycles. The summed E-state index contributed by atoms with van der Waals surface area (Å²) in [6.45, 7) is 1.87. The smallest absolute Gasteiger partial charge is 0.261 e. The van der Waals surface area contributed by atoms with Gasteiger partial charge >= 0.3 is 0 Å². The average molecular weight is 428 g/mol. The molecule has 6 nitrogen and oxygen atoms in total. The number of rotatable bonds is 6. The minimum Gasteiger partial charge on any atom is -0.321 e. The van der Waals surface area contributed by atoms with E-state index in [1.807, 2.05) is 6.92 Å². The normalized spacial score (nSPS) is 11.4. The number of halogens is 1. The molecule has 0 spiro atoms. The summed E-state index contributed by atoms with van der Waals surface area (Å²) < 4.78 is 27.5. The Balaban J connectivity index is 1.68. The van der Waals surface area contributed by atoms with Crippen molar-refractivity contribution < 1.29 is 13.2 Å². The fourth-order valence-electron chi connectivity index (χ4n) is 2.45. The number of carbonyl (C=O) groups is 1. The predicted molar refractivity (Wildman–Crippen MR) is 115 cm³/mol. The summed E-state index contributed by atoms with van der Waals surface area (Å²) in [6, 6.07) is 14.5. The van der Waals surface area contributed by atoms with Crippen LogP contribution >= 0.6 is 11.6 Å². The Kier molecular flexibility index (Phi) is 6.31. The van der Waals surface area contributed by atoms with Crippen molar-refractivity contribution in [3.63, 3.8) is 0 Å². The van der Waals surface area contributed by atoms with Gasteiger partial charge in [-0.05, 0) is 54.5 Å². The highest BCUT2D eigenvalue weighted by atomic mass is 35.5. The van der Waals surface area contributed by atoms with E-state index in [0.29, 0.717) is 22.0 Å². The first-order chi connectivity index (χ1) is 13.8. The molecule has 1 aromatic heterocycles. The van der Waals surface area contributed by atoms with Crippen LogP contribution in [0.5, 0.6) is 0 Å². The van der Waals surface area contributed by atoms with E-state index < -0.39 is 10.0 Å². The van der Waals surface area contributed by atoms with E-state index in [1.165, 1.54) is 18.2 Å². The number of nitrogens with one attached hydrogen (secondary N) is 2. The summed E-state index contributed by atoms with van der Waals surface area (Å²) in [7, 11) is -3.77. The number of pyridine rings is 1. The second-order valence-electron chi connectivity index (χ2n) is 6.17. The summed E-state index contributed by atoms with van der Waals surface area (Å²) in [5.74, 6) is -0.307. The molecule has 0 saturated carbocycles. The van der Waals surface area contributed by atoms with E-state index in [4.69, 9.17) is 11.6 Å². The Morgan fingerprint density at radius 3 is 2.45 bits per heavy atom. The molecular weight excluding hydrogens is 410 g/mol. The molecule has 3 rings (SSSR count). The average Bonchev–Trinajstić information content (AvgIpc) is 2.70. The molecule has 0 fully saturated rings. The lowest BCUT2D eigenvalue weighted by atomic mass is 10.2. The van der Waals surface area contributed by atoms with E-state index in [9.17, 15) is 13.2 Å². The van der Waals surface area contributed by atoms with Crippen molar-refractivity contribution in [1.82, 2.24) is 4.98 Å². The summed E-state index contributed by atoms with van der Waals surface area (Å²) in [5.41, 5.74) is 2.52. The number of hydrogen-bond acceptors (Lipinski definition) is 4. The van der Waals surface area contributed by atoms with Gasteiger partial charge in [-0.1, -0.05) is 35.9 Å². The van der Waals surface area contributed by atoms with E-state index >= 15 is 0 Å². The molecule has 0 aliphatic heterocycles. The van der Waals surface area contributed by atoms with E-state index in [2.05, 4.69) is 15.0 Å². The number of carbonyl (C=O) groups excluding carboxylic acids is 1. The largest absolute Gasteiger partial charge is 0.321 e. The lowest BCUT2D eigenvalue weighted by Crippen LogP contribution is -2.13. The summed E-state index contributed by atoms with van der Waals surface area (Å²) in [5, 5.41) is 3.05. The van der Waals surface area contributed by atoms with Crippen molar-refractivity contribution in [3.05, 3.63) is 89.2 Å². The number of amides is 1. The fraction of sp³-hybridized carbons (Fsp3) is 0.0476. The van der Waals surface area contributed by atoms with Gasteiger partial charge in [-0.2, -0.15) is 0 Å². The monoisotopic (exact) mass is 427 g/mol. The minimum absolute atomic E-state index is 0.0880. The topological polar surface area (TPSA) is 88.2 Å². The maximum absolute atomic E-state index is 12.5. The summed E-state index contributed by atoms with van der Waals surface area (Å²) in [6.07, 6.45) is 6.20. The summed E-state index contributed by atoms with van der Waals surface area (Å²) >= 11 is 6.00. The second-order valence-corrected chi connectivity index (χ2v) is 8.26. The van der Waals surface area contributed by atoms with Crippen molar-refractivity contribution in [3.8, 4) is 0 Å². The first-order valence-electron chi connectivity index (χ1n) is 8.62. The highest BCUT2D eigenvalue weighted by molar-refractivity contribution is 7.92. The number of anilines is 2. The van der Waals surface area contributed by atoms with Crippen LogP contribution in [0.15, 0.2) is 78.0 Å². The molecule has 8 heteroatoms. The van der Waals surface area contributed by atoms with Gasteiger partial charge in [-0.15, -0.1) is 0 Å². The molecule has 29 heavy (non-hydrogen) atoms. The Morgan fingerprint density at radius 2 is 1.76 bits per heavy atom. The first-order valence-corrected chi connectivity index (χ1v) is 10.5. The van der Waals surface area contributed by atoms with Crippen LogP contribution in [0.25, 0.3) is 6.08 Å². The molecular formula is C21H18ClN3O3S. The number of para-hydroxylation sites is 1. The summed E-state index contributed by atoms with van der Waals surface area (Å²) in [4.78, 5) is 16.1. The molecule has 0 aliphatic rings. The zero-order valence-electron chi connectivity index (χ0n) is 15.5. The first kappa shape index (κ1) is 20.6. The molecule has 2 aromatic carbocycles. The Labute approximate surface area is 174 Å². The highest BCUT2D eigenvalue weighted by Crippen LogP contribution is 2.24. The van der Waals surface area contributed by atoms with Gasteiger partial charge in [0.2, 0.25) is 5.91 Å². The van der Waals surface area contributed by atoms with Gasteiger partial charge in [0.1, 0.15) is 0 Å². The fourth-order valence-corrected chi connectivity index (χ4v) is 3.77. The minimum atomic E-state index is -3.77. The maximum atomic E-state index is 12.5. The molecule has 3 aromatic rings. The van der Waals surface area contributed by atoms with Gasteiger partial charge in [0, 0.05) is 12.3 Å². The molecule has 1 amide bonds. The standard InChI is InChI=1S/C21H18ClN3O3S/c1-15-12-13-23-14-20(15)24-21(26)11-8-16-6-9-17(10-7-16)29(27,28)25-19-5-3-2-4-18(19)22/h2-14,25H,1H3,(H,24,26). The lowest BCUT2D eigenvalue weighted by molar-refractivity contribution is -0.111. The number of sulfonamides is 1. The number of nitrogens with zero attached hydrogens (tertiary/aromatic N) is 1. The van der Waals surface area contributed by atoms with Crippen LogP contribution in [0, 0.1) is 6.92 Å². The molecule has 148 valence electrons. The molecule has 2 N–H and O–H groups in total. The Morgan fingerprint density at radius 1 is 1.03 bits per heavy atom. The molecule has 0 saturated heterocycles. The van der Waals surface area contributed by atoms with Crippen LogP contribution < -0.4 is 10.0 Å². The van der Waals surface area contributed by atoms with E-state index in [1.54, 1.807) is 60.9 Å². The third-order valence-electron chi connectivity index (χ3n) is 4.03. The van der Waals surface area contributed by atoms with Crippen LogP contribution in [-0.4, -0.2) is 19.3 Å². The van der Waals surface area contributed by atoms with Crippen molar-refractivity contribution >= 4 is 45.0 Å². The second kappa shape index (κ2) is 8.89. The zero-order valence-corrected chi connectivity index (χ0v) is 17.0. The van der Waals surface area contributed by atoms with E-state index in [0.717, 1.165) is 5.56 Å². The lowest BCUT2D eigenvalue weighted by Gasteiger charge is -2.09. The predicted octanol–water partition coefficient (Wildman–Crippen LogP) is 4.50. The number of hydrogen-bond donors (Lipinski definition) is 2. The molecule has 0 radical (unpaired) electrons. The zero-order chi connectivity index (χ0) is 20.9. The SMILES string of the molecule is Cc1ccncc1NC(=O)C=Cc1ccc(S(=O)(=O)Nc2ccccc2Cl)cc1. The quantitative estimate of drug-likeness (QED) is 0.567. The Hall–Kier alpha value is -3.16. The molecule has 0 bridgehead atoms. The third-order valence-corrected chi connectivity index (χ3v) is 5.74. The van der Waals surface area contributed by atoms with Crippen molar-refractivity contribution in [2.45, 2.75) is 11.8 Å². The van der Waals surface area contributed by atoms with Gasteiger partial charge in [-0.25, -0.2) is 8.42 Å². The van der Waals surface area contributed by atoms with E-state index in [-0.39, 0.29) is 10.8 Å². The van der Waals surface area contributed by atoms with Gasteiger partial charge in [-0.3, -0.25) is 14.5 Å². The van der Waals surface area contributed by atoms with Crippen molar-refractivity contribution in [2.75, 3.05) is 10.0 Å². The highest BCUT2D eigenvalue weighted by Gasteiger charge is 2.15. The van der Waals surface area contributed by atoms with Crippen LogP contribution in [0.3, 0.4) is 0 Å². The number of benzene rings is 2. The van der Waals surface area contributed by atoms with Gasteiger partial charge < -0.3 is 5.32 Å². The Bertz CT molecular complexity index is 1160. The van der Waals surface area contributed by atoms with Gasteiger partial charge in [0.05, 0.1) is 27.5 Å². The van der Waals surface area contributed by atoms with Crippen LogP contribution in [-0.2, 0) is 14.8 Å². The molecule has 0 atom stereocenters. The van der Waals surface area contributed by atoms with Crippen LogP contribution in [0.2, 0.25) is 5.02 Å². The third kappa shape index (κ3) is 5.43. The number of aromatic nitrogens is 1. The van der Waals surface area contributed by atoms with Gasteiger partial charge in [0.25, 0.3) is 10.0 Å². The van der Waals surface area contributed by atoms with Crippen molar-refractivity contribution in [2.24, 2.45) is 0 Å². The number of aryl methyl sites for hydroxylation is 1.